The molecule has 2 rings (SSSR count). The molecular formula is C15H22N2O. The van der Waals surface area contributed by atoms with E-state index in [0.29, 0.717) is 12.0 Å². The van der Waals surface area contributed by atoms with Crippen molar-refractivity contribution in [3.63, 3.8) is 0 Å². The average Bonchev–Trinajstić information content (AvgIpc) is 2.82. The molecule has 2 N–H and O–H groups in total. The molecule has 0 spiro atoms. The molecule has 1 aliphatic rings. The van der Waals surface area contributed by atoms with Crippen LogP contribution in [0.15, 0.2) is 24.3 Å². The van der Waals surface area contributed by atoms with E-state index < -0.39 is 0 Å². The molecule has 0 bridgehead atoms. The van der Waals surface area contributed by atoms with E-state index in [2.05, 4.69) is 30.5 Å². The van der Waals surface area contributed by atoms with Gasteiger partial charge in [-0.25, -0.2) is 4.79 Å². The summed E-state index contributed by atoms with van der Waals surface area (Å²) in [4.78, 5) is 11.9. The normalized spacial score (nSPS) is 15.9. The number of amides is 2. The van der Waals surface area contributed by atoms with E-state index >= 15 is 0 Å². The van der Waals surface area contributed by atoms with Gasteiger partial charge in [0.05, 0.1) is 0 Å². The molecule has 2 amide bonds. The van der Waals surface area contributed by atoms with Gasteiger partial charge in [-0.3, -0.25) is 0 Å². The molecule has 3 nitrogen and oxygen atoms in total. The van der Waals surface area contributed by atoms with Gasteiger partial charge in [0.15, 0.2) is 0 Å². The first-order valence-electron chi connectivity index (χ1n) is 6.83. The second kappa shape index (κ2) is 5.89. The van der Waals surface area contributed by atoms with Crippen LogP contribution < -0.4 is 10.6 Å². The largest absolute Gasteiger partial charge is 0.335 e. The van der Waals surface area contributed by atoms with Crippen LogP contribution in [0, 0.1) is 0 Å². The minimum Gasteiger partial charge on any atom is -0.335 e. The Bertz CT molecular complexity index is 409. The van der Waals surface area contributed by atoms with Crippen LogP contribution >= 0.6 is 0 Å². The van der Waals surface area contributed by atoms with Crippen molar-refractivity contribution < 1.29 is 4.79 Å². The van der Waals surface area contributed by atoms with Crippen LogP contribution in [0.3, 0.4) is 0 Å². The summed E-state index contributed by atoms with van der Waals surface area (Å²) in [5.41, 5.74) is 2.10. The van der Waals surface area contributed by atoms with E-state index in [9.17, 15) is 4.79 Å². The molecule has 1 aliphatic carbocycles. The molecule has 0 radical (unpaired) electrons. The SMILES string of the molecule is CC(C)c1ccccc1NC(=O)NC1CCCC1. The second-order valence-electron chi connectivity index (χ2n) is 5.32. The fraction of sp³-hybridized carbons (Fsp3) is 0.533. The number of hydrogen-bond acceptors (Lipinski definition) is 1. The lowest BCUT2D eigenvalue weighted by molar-refractivity contribution is 0.248. The fourth-order valence-electron chi connectivity index (χ4n) is 2.53. The lowest BCUT2D eigenvalue weighted by Crippen LogP contribution is -2.36. The highest BCUT2D eigenvalue weighted by Crippen LogP contribution is 2.24. The molecule has 1 fully saturated rings. The fourth-order valence-corrected chi connectivity index (χ4v) is 2.53. The lowest BCUT2D eigenvalue weighted by atomic mass is 10.0. The predicted molar refractivity (Wildman–Crippen MR) is 74.9 cm³/mol. The minimum absolute atomic E-state index is 0.0741. The number of nitrogens with one attached hydrogen (secondary N) is 2. The maximum Gasteiger partial charge on any atom is 0.319 e. The number of rotatable bonds is 3. The van der Waals surface area contributed by atoms with Crippen LogP contribution in [0.5, 0.6) is 0 Å². The molecular weight excluding hydrogens is 224 g/mol. The second-order valence-corrected chi connectivity index (χ2v) is 5.32. The van der Waals surface area contributed by atoms with Crippen LogP contribution in [0.2, 0.25) is 0 Å². The minimum atomic E-state index is -0.0741. The Labute approximate surface area is 109 Å². The van der Waals surface area contributed by atoms with Crippen molar-refractivity contribution >= 4 is 11.7 Å². The van der Waals surface area contributed by atoms with Crippen molar-refractivity contribution in [1.82, 2.24) is 5.32 Å². The Morgan fingerprint density at radius 3 is 2.56 bits per heavy atom. The standard InChI is InChI=1S/C15H22N2O/c1-11(2)13-9-5-6-10-14(13)17-15(18)16-12-7-3-4-8-12/h5-6,9-12H,3-4,7-8H2,1-2H3,(H2,16,17,18). The van der Waals surface area contributed by atoms with Crippen LogP contribution in [-0.4, -0.2) is 12.1 Å². The van der Waals surface area contributed by atoms with E-state index in [0.717, 1.165) is 18.5 Å². The zero-order chi connectivity index (χ0) is 13.0. The summed E-state index contributed by atoms with van der Waals surface area (Å²) in [6, 6.07) is 8.28. The molecule has 3 heteroatoms. The maximum atomic E-state index is 11.9. The summed E-state index contributed by atoms with van der Waals surface area (Å²) in [5.74, 6) is 0.410. The summed E-state index contributed by atoms with van der Waals surface area (Å²) < 4.78 is 0. The topological polar surface area (TPSA) is 41.1 Å². The van der Waals surface area contributed by atoms with Crippen molar-refractivity contribution in [2.24, 2.45) is 0 Å². The van der Waals surface area contributed by atoms with Gasteiger partial charge in [-0.15, -0.1) is 0 Å². The molecule has 0 aliphatic heterocycles. The Morgan fingerprint density at radius 1 is 1.22 bits per heavy atom. The zero-order valence-electron chi connectivity index (χ0n) is 11.2. The third kappa shape index (κ3) is 3.25. The molecule has 0 saturated heterocycles. The average molecular weight is 246 g/mol. The number of urea groups is 1. The molecule has 1 aromatic rings. The van der Waals surface area contributed by atoms with Gasteiger partial charge in [0, 0.05) is 11.7 Å². The third-order valence-electron chi connectivity index (χ3n) is 3.52. The van der Waals surface area contributed by atoms with E-state index in [4.69, 9.17) is 0 Å². The van der Waals surface area contributed by atoms with Crippen molar-refractivity contribution in [3.05, 3.63) is 29.8 Å². The van der Waals surface area contributed by atoms with Crippen LogP contribution in [-0.2, 0) is 0 Å². The molecule has 0 heterocycles. The number of hydrogen-bond donors (Lipinski definition) is 2. The molecule has 98 valence electrons. The number of carbonyl (C=O) groups excluding carboxylic acids is 1. The smallest absolute Gasteiger partial charge is 0.319 e. The number of benzene rings is 1. The molecule has 18 heavy (non-hydrogen) atoms. The van der Waals surface area contributed by atoms with Crippen LogP contribution in [0.25, 0.3) is 0 Å². The van der Waals surface area contributed by atoms with Gasteiger partial charge in [-0.1, -0.05) is 44.9 Å². The van der Waals surface area contributed by atoms with E-state index in [-0.39, 0.29) is 6.03 Å². The molecule has 1 aromatic carbocycles. The van der Waals surface area contributed by atoms with Crippen molar-refractivity contribution in [1.29, 1.82) is 0 Å². The lowest BCUT2D eigenvalue weighted by Gasteiger charge is -2.16. The summed E-state index contributed by atoms with van der Waals surface area (Å²) in [5, 5.41) is 6.01. The van der Waals surface area contributed by atoms with Crippen LogP contribution in [0.1, 0.15) is 51.0 Å². The van der Waals surface area contributed by atoms with Gasteiger partial charge in [-0.2, -0.15) is 0 Å². The van der Waals surface area contributed by atoms with Gasteiger partial charge < -0.3 is 10.6 Å². The zero-order valence-corrected chi connectivity index (χ0v) is 11.2. The highest BCUT2D eigenvalue weighted by atomic mass is 16.2. The first-order chi connectivity index (χ1) is 8.66. The highest BCUT2D eigenvalue weighted by Gasteiger charge is 2.17. The summed E-state index contributed by atoms with van der Waals surface area (Å²) in [7, 11) is 0. The first kappa shape index (κ1) is 12.9. The van der Waals surface area contributed by atoms with Crippen LogP contribution in [0.4, 0.5) is 10.5 Å². The Kier molecular flexibility index (Phi) is 4.24. The number of anilines is 1. The molecule has 1 saturated carbocycles. The maximum absolute atomic E-state index is 11.9. The number of carbonyl (C=O) groups is 1. The summed E-state index contributed by atoms with van der Waals surface area (Å²) in [6.07, 6.45) is 4.68. The Morgan fingerprint density at radius 2 is 1.89 bits per heavy atom. The van der Waals surface area contributed by atoms with E-state index in [1.807, 2.05) is 18.2 Å². The van der Waals surface area contributed by atoms with Gasteiger partial charge >= 0.3 is 6.03 Å². The van der Waals surface area contributed by atoms with Crippen molar-refractivity contribution in [2.75, 3.05) is 5.32 Å². The van der Waals surface area contributed by atoms with Gasteiger partial charge in [0.25, 0.3) is 0 Å². The third-order valence-corrected chi connectivity index (χ3v) is 3.52. The number of para-hydroxylation sites is 1. The molecule has 0 unspecified atom stereocenters. The predicted octanol–water partition coefficient (Wildman–Crippen LogP) is 3.87. The van der Waals surface area contributed by atoms with Crippen molar-refractivity contribution in [3.8, 4) is 0 Å². The highest BCUT2D eigenvalue weighted by molar-refractivity contribution is 5.90. The summed E-state index contributed by atoms with van der Waals surface area (Å²) in [6.45, 7) is 4.27. The van der Waals surface area contributed by atoms with Crippen molar-refractivity contribution in [2.45, 2.75) is 51.5 Å². The van der Waals surface area contributed by atoms with Gasteiger partial charge in [0.1, 0.15) is 0 Å². The van der Waals surface area contributed by atoms with Gasteiger partial charge in [0.2, 0.25) is 0 Å². The Balaban J connectivity index is 1.97. The van der Waals surface area contributed by atoms with Gasteiger partial charge in [-0.05, 0) is 30.4 Å². The molecule has 0 atom stereocenters. The van der Waals surface area contributed by atoms with E-state index in [1.54, 1.807) is 0 Å². The summed E-state index contributed by atoms with van der Waals surface area (Å²) >= 11 is 0. The van der Waals surface area contributed by atoms with E-state index in [1.165, 1.54) is 18.4 Å². The first-order valence-corrected chi connectivity index (χ1v) is 6.83. The quantitative estimate of drug-likeness (QED) is 0.835. The molecule has 0 aromatic heterocycles. The monoisotopic (exact) mass is 246 g/mol. The Hall–Kier alpha value is -1.51.